The van der Waals surface area contributed by atoms with Gasteiger partial charge in [0, 0.05) is 0 Å². The van der Waals surface area contributed by atoms with Gasteiger partial charge >= 0.3 is 564 Å². The smallest absolute Gasteiger partial charge is 2.00 e. The maximum absolute atomic E-state index is 8.61. The van der Waals surface area contributed by atoms with Gasteiger partial charge in [-0.3, -0.25) is 0 Å². The second kappa shape index (κ2) is 113. The van der Waals surface area contributed by atoms with E-state index >= 15 is 0 Å². The Morgan fingerprint density at radius 1 is 0.250 bits per heavy atom. The molecule has 0 unspecified atom stereocenters. The molecule has 0 aliphatic carbocycles. The molecule has 0 aromatic carbocycles. The summed E-state index contributed by atoms with van der Waals surface area (Å²) in [6.07, 6.45) is 0. The van der Waals surface area contributed by atoms with Gasteiger partial charge in [-0.05, 0) is 0 Å². The second-order valence-electron chi connectivity index (χ2n) is 2.50. The summed E-state index contributed by atoms with van der Waals surface area (Å²) in [7, 11) is 0. The van der Waals surface area contributed by atoms with Crippen molar-refractivity contribution in [2.24, 2.45) is 0 Å². The topological polar surface area (TPSA) is 632 Å². The minimum absolute atomic E-state index is 0. The molecule has 48 heteroatoms. The van der Waals surface area contributed by atoms with Gasteiger partial charge in [0.15, 0.2) is 0 Å². The molecule has 0 aliphatic rings. The fourth-order valence-electron chi connectivity index (χ4n) is 0. The molecule has 0 atom stereocenters. The van der Waals surface area contributed by atoms with E-state index in [1.165, 1.54) is 0 Å². The van der Waals surface area contributed by atoms with Crippen LogP contribution < -0.4 is 68.7 Å². The third kappa shape index (κ3) is 1080. The number of rotatable bonds is 0. The van der Waals surface area contributed by atoms with Crippen LogP contribution in [0.5, 0.6) is 0 Å². The van der Waals surface area contributed by atoms with E-state index in [2.05, 4.69) is 0 Å². The van der Waals surface area contributed by atoms with Gasteiger partial charge in [-0.15, -0.1) is 0 Å². The van der Waals surface area contributed by atoms with Crippen LogP contribution in [0.25, 0.3) is 0 Å². The first-order valence-electron chi connectivity index (χ1n) is 6.12. The zero-order valence-corrected chi connectivity index (χ0v) is 63.5. The maximum Gasteiger partial charge on any atom is 2.00 e. The van der Waals surface area contributed by atoms with Gasteiger partial charge in [-0.2, -0.15) is 0 Å². The van der Waals surface area contributed by atoms with Gasteiger partial charge < -0.3 is 0 Å². The molecule has 0 aliphatic heterocycles. The van der Waals surface area contributed by atoms with Crippen molar-refractivity contribution in [3.63, 3.8) is 0 Å². The molecule has 0 rings (SSSR count). The molecule has 48 heavy (non-hydrogen) atoms. The van der Waals surface area contributed by atoms with E-state index in [0.29, 0.717) is 0 Å². The standard InChI is InChI=1S/4Er.30O.4Pb.5Ti.5Zr/q4*+3;;;;;;;;;;;20*-1;4*+2;;;;;;;;;;. The molecule has 284 valence electrons. The van der Waals surface area contributed by atoms with Crippen molar-refractivity contribution in [1.29, 1.82) is 0 Å². The van der Waals surface area contributed by atoms with E-state index in [1.807, 2.05) is 0 Å². The van der Waals surface area contributed by atoms with Crippen LogP contribution in [-0.2, 0) is 237 Å². The van der Waals surface area contributed by atoms with Crippen LogP contribution in [-0.4, -0.2) is 109 Å². The van der Waals surface area contributed by atoms with Gasteiger partial charge in [0.2, 0.25) is 0 Å². The van der Waals surface area contributed by atoms with E-state index in [-0.39, 0.29) is 258 Å². The van der Waals surface area contributed by atoms with E-state index in [0.717, 1.165) is 0 Å². The molecule has 0 amide bonds. The maximum atomic E-state index is 8.61. The molecule has 30 nitrogen and oxygen atoms in total. The molecular weight excluding hydrogens is 2670 g/mol. The number of hydrogen-bond donors (Lipinski definition) is 0. The van der Waals surface area contributed by atoms with Crippen LogP contribution in [0.2, 0.25) is 0 Å². The van der Waals surface area contributed by atoms with Crippen LogP contribution in [0, 0.1) is 149 Å². The molecule has 0 saturated heterocycles. The van der Waals surface area contributed by atoms with Crippen molar-refractivity contribution in [2.75, 3.05) is 0 Å². The summed E-state index contributed by atoms with van der Waals surface area (Å²) in [6.45, 7) is 0. The summed E-state index contributed by atoms with van der Waals surface area (Å²) < 4.78 is 258. The zero-order chi connectivity index (χ0) is 35.8. The van der Waals surface area contributed by atoms with Crippen LogP contribution >= 0.6 is 0 Å². The molecule has 0 bridgehead atoms. The molecule has 0 fully saturated rings. The van der Waals surface area contributed by atoms with E-state index < -0.39 is 206 Å². The first kappa shape index (κ1) is 119. The molecule has 12 radical (unpaired) electrons. The third-order valence-corrected chi connectivity index (χ3v) is 0. The van der Waals surface area contributed by atoms with Crippen molar-refractivity contribution in [2.45, 2.75) is 0 Å². The largest absolute Gasteiger partial charge is 2.00 e. The SMILES string of the molecule is [Er+3].[Er+3].[Er+3].[Er+3].[O]=[Ti]([O-])[O-].[O]=[Ti]([O-])[O-].[O]=[Ti]([O-])[O-].[O]=[Ti]([O-])[O-].[O]=[Ti]([O-])[O-].[O]=[Zr]([O-])[O-].[O]=[Zr]([O-])[O-].[O]=[Zr]([O-])[O-].[O]=[Zr]([O-])[O-].[O]=[Zr]([O-])[O-].[Pb+2].[Pb+2].[Pb+2].[Pb+2]. The summed E-state index contributed by atoms with van der Waals surface area (Å²) in [5.74, 6) is 0. The normalized spacial score (nSPS) is 5.42. The molecule has 0 saturated carbocycles. The predicted molar refractivity (Wildman–Crippen MR) is 29.9 cm³/mol. The second-order valence-corrected chi connectivity index (χ2v) is 12.5. The first-order valence-corrected chi connectivity index (χ1v) is 30.7. The van der Waals surface area contributed by atoms with Gasteiger partial charge in [0.25, 0.3) is 0 Å². The minimum Gasteiger partial charge on any atom is 2.00 e. The van der Waals surface area contributed by atoms with E-state index in [1.54, 1.807) is 0 Å². The average Bonchev–Trinajstić information content (AvgIpc) is 2.47. The van der Waals surface area contributed by atoms with Crippen LogP contribution in [0.1, 0.15) is 0 Å². The minimum atomic E-state index is -4.29. The third-order valence-electron chi connectivity index (χ3n) is 0. The van der Waals surface area contributed by atoms with Gasteiger partial charge in [0.05, 0.1) is 0 Å². The molecule has 0 heterocycles. The Bertz CT molecular complexity index is 511. The Balaban J connectivity index is -0.0000000128. The molecule has 0 aromatic rings. The Morgan fingerprint density at radius 2 is 0.250 bits per heavy atom. The Kier molecular flexibility index (Phi) is 281. The van der Waals surface area contributed by atoms with Gasteiger partial charge in [-0.1, -0.05) is 0 Å². The first-order chi connectivity index (χ1) is 17.3. The fourth-order valence-corrected chi connectivity index (χ4v) is 0. The van der Waals surface area contributed by atoms with Gasteiger partial charge in [0.1, 0.15) is 0 Å². The Morgan fingerprint density at radius 3 is 0.250 bits per heavy atom. The van der Waals surface area contributed by atoms with Crippen LogP contribution in [0.3, 0.4) is 0 Å². The molecule has 0 N–H and O–H groups in total. The molecule has 0 aromatic heterocycles. The average molecular weight is 2670 g/mol. The van der Waals surface area contributed by atoms with Crippen molar-refractivity contribution in [1.82, 2.24) is 0 Å². The summed E-state index contributed by atoms with van der Waals surface area (Å²) >= 11 is -41.9. The van der Waals surface area contributed by atoms with Crippen molar-refractivity contribution in [3.05, 3.63) is 0 Å². The predicted octanol–water partition coefficient (Wildman–Crippen LogP) is -26.5. The van der Waals surface area contributed by atoms with Crippen molar-refractivity contribution in [3.8, 4) is 0 Å². The Labute approximate surface area is 547 Å². The number of hydrogen-bond acceptors (Lipinski definition) is 30. The zero-order valence-electron chi connectivity index (χ0n) is 20.4. The van der Waals surface area contributed by atoms with Crippen molar-refractivity contribution < 1.29 is 455 Å². The summed E-state index contributed by atoms with van der Waals surface area (Å²) in [4.78, 5) is 0. The summed E-state index contributed by atoms with van der Waals surface area (Å²) in [6, 6.07) is 0. The quantitative estimate of drug-likeness (QED) is 0.203. The summed E-state index contributed by atoms with van der Waals surface area (Å²) in [5.41, 5.74) is 0. The van der Waals surface area contributed by atoms with Crippen LogP contribution in [0.4, 0.5) is 0 Å². The van der Waals surface area contributed by atoms with E-state index in [4.69, 9.17) is 99.4 Å². The fraction of sp³-hybridized carbons (Fsp3) is 0. The van der Waals surface area contributed by atoms with Crippen LogP contribution in [0.15, 0.2) is 0 Å². The van der Waals surface area contributed by atoms with Crippen molar-refractivity contribution >= 4 is 109 Å². The Hall–Kier alpha value is 13.9. The van der Waals surface area contributed by atoms with E-state index in [9.17, 15) is 0 Å². The molecule has 0 spiro atoms. The summed E-state index contributed by atoms with van der Waals surface area (Å²) in [5, 5.41) is 0. The van der Waals surface area contributed by atoms with Gasteiger partial charge in [-0.25, -0.2) is 0 Å². The monoisotopic (exact) mass is 2660 g/mol. The molecular formula is Er4O30Pb4Ti5Zr5.